The van der Waals surface area contributed by atoms with E-state index >= 15 is 0 Å². The molecule has 98 valence electrons. The van der Waals surface area contributed by atoms with Crippen molar-refractivity contribution in [2.75, 3.05) is 12.4 Å². The van der Waals surface area contributed by atoms with E-state index in [0.29, 0.717) is 17.9 Å². The van der Waals surface area contributed by atoms with Crippen LogP contribution in [-0.2, 0) is 9.59 Å². The van der Waals surface area contributed by atoms with Crippen LogP contribution in [0.2, 0.25) is 0 Å². The lowest BCUT2D eigenvalue weighted by Crippen LogP contribution is -2.12. The summed E-state index contributed by atoms with van der Waals surface area (Å²) in [5.74, 6) is -0.504. The van der Waals surface area contributed by atoms with Crippen LogP contribution in [0.1, 0.15) is 24.8 Å². The standard InChI is InChI=1S/C13H17NO4/c1-9-6-7-10(11(8-9)18-2)14-12(15)4-3-5-13(16)17/h6-8H,3-5H2,1-2H3,(H,14,15)(H,16,17). The van der Waals surface area contributed by atoms with Gasteiger partial charge in [-0.1, -0.05) is 6.07 Å². The topological polar surface area (TPSA) is 75.6 Å². The number of carboxylic acids is 1. The number of carbonyl (C=O) groups excluding carboxylic acids is 1. The number of hydrogen-bond donors (Lipinski definition) is 2. The van der Waals surface area contributed by atoms with Gasteiger partial charge in [-0.3, -0.25) is 9.59 Å². The molecule has 1 amide bonds. The molecule has 5 heteroatoms. The largest absolute Gasteiger partial charge is 0.495 e. The number of carboxylic acid groups (broad SMARTS) is 1. The fourth-order valence-corrected chi connectivity index (χ4v) is 1.51. The predicted molar refractivity (Wildman–Crippen MR) is 67.8 cm³/mol. The Balaban J connectivity index is 2.56. The molecule has 0 aliphatic heterocycles. The number of anilines is 1. The molecule has 0 fully saturated rings. The van der Waals surface area contributed by atoms with Crippen LogP contribution in [0.25, 0.3) is 0 Å². The van der Waals surface area contributed by atoms with Crippen molar-refractivity contribution in [3.8, 4) is 5.75 Å². The summed E-state index contributed by atoms with van der Waals surface area (Å²) in [5.41, 5.74) is 1.64. The quantitative estimate of drug-likeness (QED) is 0.812. The smallest absolute Gasteiger partial charge is 0.303 e. The molecule has 2 N–H and O–H groups in total. The van der Waals surface area contributed by atoms with Crippen molar-refractivity contribution in [1.29, 1.82) is 0 Å². The number of rotatable bonds is 6. The molecule has 0 unspecified atom stereocenters. The molecule has 0 spiro atoms. The molecule has 18 heavy (non-hydrogen) atoms. The van der Waals surface area contributed by atoms with Gasteiger partial charge in [-0.15, -0.1) is 0 Å². The van der Waals surface area contributed by atoms with Gasteiger partial charge in [0.05, 0.1) is 12.8 Å². The lowest BCUT2D eigenvalue weighted by atomic mass is 10.2. The molecule has 1 aromatic carbocycles. The lowest BCUT2D eigenvalue weighted by molar-refractivity contribution is -0.137. The lowest BCUT2D eigenvalue weighted by Gasteiger charge is -2.10. The maximum absolute atomic E-state index is 11.6. The minimum Gasteiger partial charge on any atom is -0.495 e. The molecule has 0 radical (unpaired) electrons. The van der Waals surface area contributed by atoms with Crippen LogP contribution in [0.3, 0.4) is 0 Å². The first-order chi connectivity index (χ1) is 8.52. The number of methoxy groups -OCH3 is 1. The van der Waals surface area contributed by atoms with Gasteiger partial charge in [0.25, 0.3) is 0 Å². The monoisotopic (exact) mass is 251 g/mol. The molecule has 0 atom stereocenters. The summed E-state index contributed by atoms with van der Waals surface area (Å²) >= 11 is 0. The Morgan fingerprint density at radius 1 is 1.33 bits per heavy atom. The highest BCUT2D eigenvalue weighted by Crippen LogP contribution is 2.25. The second-order valence-electron chi connectivity index (χ2n) is 4.00. The molecule has 0 heterocycles. The molecule has 5 nitrogen and oxygen atoms in total. The number of aryl methyl sites for hydroxylation is 1. The molecule has 0 saturated carbocycles. The summed E-state index contributed by atoms with van der Waals surface area (Å²) in [4.78, 5) is 21.9. The fraction of sp³-hybridized carbons (Fsp3) is 0.385. The van der Waals surface area contributed by atoms with Crippen LogP contribution < -0.4 is 10.1 Å². The molecule has 1 aromatic rings. The Hall–Kier alpha value is -2.04. The van der Waals surface area contributed by atoms with Crippen molar-refractivity contribution >= 4 is 17.6 Å². The summed E-state index contributed by atoms with van der Waals surface area (Å²) in [5, 5.41) is 11.2. The number of aliphatic carboxylic acids is 1. The highest BCUT2D eigenvalue weighted by atomic mass is 16.5. The normalized spacial score (nSPS) is 9.89. The molecule has 0 bridgehead atoms. The average molecular weight is 251 g/mol. The van der Waals surface area contributed by atoms with Crippen LogP contribution in [0, 0.1) is 6.92 Å². The van der Waals surface area contributed by atoms with Gasteiger partial charge in [0.15, 0.2) is 0 Å². The summed E-state index contributed by atoms with van der Waals surface area (Å²) in [7, 11) is 1.54. The Morgan fingerprint density at radius 3 is 2.67 bits per heavy atom. The second-order valence-corrected chi connectivity index (χ2v) is 4.00. The van der Waals surface area contributed by atoms with Gasteiger partial charge in [0.1, 0.15) is 5.75 Å². The average Bonchev–Trinajstić information content (AvgIpc) is 2.31. The summed E-state index contributed by atoms with van der Waals surface area (Å²) in [6.45, 7) is 1.93. The van der Waals surface area contributed by atoms with Gasteiger partial charge in [-0.05, 0) is 31.0 Å². The predicted octanol–water partition coefficient (Wildman–Crippen LogP) is 2.20. The summed E-state index contributed by atoms with van der Waals surface area (Å²) in [6, 6.07) is 5.46. The Bertz CT molecular complexity index is 443. The Labute approximate surface area is 106 Å². The number of carbonyl (C=O) groups is 2. The molecule has 0 aliphatic carbocycles. The van der Waals surface area contributed by atoms with E-state index in [-0.39, 0.29) is 18.7 Å². The maximum Gasteiger partial charge on any atom is 0.303 e. The van der Waals surface area contributed by atoms with E-state index in [1.807, 2.05) is 19.1 Å². The number of benzene rings is 1. The van der Waals surface area contributed by atoms with E-state index in [4.69, 9.17) is 9.84 Å². The van der Waals surface area contributed by atoms with E-state index in [1.54, 1.807) is 6.07 Å². The van der Waals surface area contributed by atoms with Crippen LogP contribution in [0.5, 0.6) is 5.75 Å². The minimum absolute atomic E-state index is 0.00153. The SMILES string of the molecule is COc1cc(C)ccc1NC(=O)CCCC(=O)O. The number of nitrogens with one attached hydrogen (secondary N) is 1. The summed E-state index contributed by atoms with van der Waals surface area (Å²) in [6.07, 6.45) is 0.511. The van der Waals surface area contributed by atoms with Crippen LogP contribution >= 0.6 is 0 Å². The van der Waals surface area contributed by atoms with Gasteiger partial charge in [0, 0.05) is 12.8 Å². The van der Waals surface area contributed by atoms with E-state index in [0.717, 1.165) is 5.56 Å². The number of amides is 1. The van der Waals surface area contributed by atoms with Gasteiger partial charge in [-0.25, -0.2) is 0 Å². The first kappa shape index (κ1) is 14.0. The molecule has 0 saturated heterocycles. The van der Waals surface area contributed by atoms with Gasteiger partial charge in [-0.2, -0.15) is 0 Å². The molecule has 0 aliphatic rings. The molecular weight excluding hydrogens is 234 g/mol. The highest BCUT2D eigenvalue weighted by Gasteiger charge is 2.08. The van der Waals surface area contributed by atoms with Crippen LogP contribution in [0.4, 0.5) is 5.69 Å². The van der Waals surface area contributed by atoms with E-state index in [1.165, 1.54) is 7.11 Å². The zero-order valence-corrected chi connectivity index (χ0v) is 10.5. The third kappa shape index (κ3) is 4.45. The van der Waals surface area contributed by atoms with Crippen molar-refractivity contribution in [1.82, 2.24) is 0 Å². The summed E-state index contributed by atoms with van der Waals surface area (Å²) < 4.78 is 5.16. The van der Waals surface area contributed by atoms with Gasteiger partial charge >= 0.3 is 5.97 Å². The Kier molecular flexibility index (Phi) is 5.17. The first-order valence-corrected chi connectivity index (χ1v) is 5.69. The van der Waals surface area contributed by atoms with E-state index in [9.17, 15) is 9.59 Å². The fourth-order valence-electron chi connectivity index (χ4n) is 1.51. The second kappa shape index (κ2) is 6.64. The molecule has 0 aromatic heterocycles. The minimum atomic E-state index is -0.893. The molecular formula is C13H17NO4. The van der Waals surface area contributed by atoms with Crippen molar-refractivity contribution in [3.05, 3.63) is 23.8 Å². The van der Waals surface area contributed by atoms with E-state index in [2.05, 4.69) is 5.32 Å². The zero-order chi connectivity index (χ0) is 13.5. The van der Waals surface area contributed by atoms with Crippen molar-refractivity contribution < 1.29 is 19.4 Å². The maximum atomic E-state index is 11.6. The van der Waals surface area contributed by atoms with Crippen LogP contribution in [0.15, 0.2) is 18.2 Å². The third-order valence-corrected chi connectivity index (χ3v) is 2.43. The van der Waals surface area contributed by atoms with Gasteiger partial charge in [0.2, 0.25) is 5.91 Å². The highest BCUT2D eigenvalue weighted by molar-refractivity contribution is 5.92. The number of ether oxygens (including phenoxy) is 1. The first-order valence-electron chi connectivity index (χ1n) is 5.69. The van der Waals surface area contributed by atoms with Crippen LogP contribution in [-0.4, -0.2) is 24.1 Å². The number of hydrogen-bond acceptors (Lipinski definition) is 3. The molecule has 1 rings (SSSR count). The van der Waals surface area contributed by atoms with E-state index < -0.39 is 5.97 Å². The van der Waals surface area contributed by atoms with Gasteiger partial charge < -0.3 is 15.2 Å². The van der Waals surface area contributed by atoms with Crippen molar-refractivity contribution in [2.45, 2.75) is 26.2 Å². The Morgan fingerprint density at radius 2 is 2.06 bits per heavy atom. The third-order valence-electron chi connectivity index (χ3n) is 2.43. The van der Waals surface area contributed by atoms with Crippen molar-refractivity contribution in [2.24, 2.45) is 0 Å². The van der Waals surface area contributed by atoms with Crippen molar-refractivity contribution in [3.63, 3.8) is 0 Å². The zero-order valence-electron chi connectivity index (χ0n) is 10.5.